The van der Waals surface area contributed by atoms with Gasteiger partial charge in [0.25, 0.3) is 0 Å². The first-order valence-electron chi connectivity index (χ1n) is 10.5. The van der Waals surface area contributed by atoms with Gasteiger partial charge in [-0.2, -0.15) is 4.89 Å². The summed E-state index contributed by atoms with van der Waals surface area (Å²) in [6.45, 7) is 6.12. The van der Waals surface area contributed by atoms with Crippen molar-refractivity contribution in [2.45, 2.75) is 58.8 Å². The summed E-state index contributed by atoms with van der Waals surface area (Å²) in [5.74, 6) is -0.468. The molecular formula is C25H34O5. The zero-order valence-electron chi connectivity index (χ0n) is 18.1. The van der Waals surface area contributed by atoms with Crippen LogP contribution in [-0.4, -0.2) is 28.4 Å². The van der Waals surface area contributed by atoms with Crippen LogP contribution < -0.4 is 0 Å². The molecule has 0 spiro atoms. The summed E-state index contributed by atoms with van der Waals surface area (Å²) in [6, 6.07) is 19.0. The maximum atomic E-state index is 11.4. The highest BCUT2D eigenvalue weighted by Gasteiger charge is 2.22. The Hall–Kier alpha value is -2.47. The average molecular weight is 415 g/mol. The number of carbonyl (C=O) groups is 1. The molecule has 2 N–H and O–H groups in total. The Kier molecular flexibility index (Phi) is 13.1. The molecule has 164 valence electrons. The lowest BCUT2D eigenvalue weighted by atomic mass is 9.90. The van der Waals surface area contributed by atoms with Crippen molar-refractivity contribution in [2.24, 2.45) is 5.92 Å². The van der Waals surface area contributed by atoms with Crippen LogP contribution in [0.4, 0.5) is 0 Å². The van der Waals surface area contributed by atoms with E-state index in [1.165, 1.54) is 6.08 Å². The Morgan fingerprint density at radius 1 is 0.867 bits per heavy atom. The number of carbonyl (C=O) groups excluding carboxylic acids is 1. The summed E-state index contributed by atoms with van der Waals surface area (Å²) in [5, 5.41) is 18.9. The van der Waals surface area contributed by atoms with E-state index in [4.69, 9.17) is 4.89 Å². The van der Waals surface area contributed by atoms with E-state index in [-0.39, 0.29) is 24.7 Å². The van der Waals surface area contributed by atoms with Gasteiger partial charge in [0.2, 0.25) is 0 Å². The summed E-state index contributed by atoms with van der Waals surface area (Å²) < 4.78 is 0. The molecule has 3 atom stereocenters. The van der Waals surface area contributed by atoms with Gasteiger partial charge < -0.3 is 10.2 Å². The van der Waals surface area contributed by atoms with Crippen LogP contribution in [0.1, 0.15) is 51.2 Å². The number of rotatable bonds is 10. The summed E-state index contributed by atoms with van der Waals surface area (Å²) in [5.41, 5.74) is 1.88. The van der Waals surface area contributed by atoms with Gasteiger partial charge in [0, 0.05) is 12.0 Å². The van der Waals surface area contributed by atoms with Crippen molar-refractivity contribution in [3.63, 3.8) is 0 Å². The molecule has 2 rings (SSSR count). The Morgan fingerprint density at radius 3 is 1.90 bits per heavy atom. The van der Waals surface area contributed by atoms with E-state index < -0.39 is 5.97 Å². The minimum atomic E-state index is -0.528. The van der Waals surface area contributed by atoms with Crippen LogP contribution in [0.25, 0.3) is 6.08 Å². The summed E-state index contributed by atoms with van der Waals surface area (Å²) >= 11 is 0. The molecule has 0 saturated carbocycles. The molecule has 30 heavy (non-hydrogen) atoms. The van der Waals surface area contributed by atoms with E-state index in [2.05, 4.69) is 4.89 Å². The molecule has 0 saturated heterocycles. The number of hydrogen-bond donors (Lipinski definition) is 2. The molecule has 0 heterocycles. The van der Waals surface area contributed by atoms with Crippen molar-refractivity contribution < 1.29 is 24.8 Å². The van der Waals surface area contributed by atoms with Crippen LogP contribution in [0.5, 0.6) is 0 Å². The zero-order valence-corrected chi connectivity index (χ0v) is 18.1. The molecule has 0 aromatic heterocycles. The molecule has 0 aliphatic rings. The first-order chi connectivity index (χ1) is 14.5. The van der Waals surface area contributed by atoms with E-state index in [1.54, 1.807) is 6.08 Å². The first kappa shape index (κ1) is 25.6. The third kappa shape index (κ3) is 10.3. The van der Waals surface area contributed by atoms with Gasteiger partial charge in [-0.05, 0) is 36.5 Å². The maximum absolute atomic E-state index is 11.4. The van der Waals surface area contributed by atoms with Crippen molar-refractivity contribution >= 4 is 12.0 Å². The fourth-order valence-electron chi connectivity index (χ4n) is 2.89. The number of aliphatic hydroxyl groups is 2. The van der Waals surface area contributed by atoms with Crippen LogP contribution >= 0.6 is 0 Å². The second kappa shape index (κ2) is 15.4. The van der Waals surface area contributed by atoms with Gasteiger partial charge >= 0.3 is 5.97 Å². The Balaban J connectivity index is 0.000000352. The van der Waals surface area contributed by atoms with E-state index >= 15 is 0 Å². The topological polar surface area (TPSA) is 76.0 Å². The highest BCUT2D eigenvalue weighted by atomic mass is 17.2. The summed E-state index contributed by atoms with van der Waals surface area (Å²) in [7, 11) is 0. The predicted molar refractivity (Wildman–Crippen MR) is 119 cm³/mol. The van der Waals surface area contributed by atoms with Gasteiger partial charge in [0.15, 0.2) is 0 Å². The lowest BCUT2D eigenvalue weighted by molar-refractivity contribution is -0.275. The van der Waals surface area contributed by atoms with Crippen LogP contribution in [0.3, 0.4) is 0 Å². The molecule has 0 radical (unpaired) electrons. The smallest absolute Gasteiger partial charge is 0.365 e. The molecule has 0 aliphatic heterocycles. The van der Waals surface area contributed by atoms with E-state index in [1.807, 2.05) is 81.4 Å². The van der Waals surface area contributed by atoms with Gasteiger partial charge in [-0.15, -0.1) is 0 Å². The number of benzene rings is 2. The molecule has 1 unspecified atom stereocenters. The SMILES string of the molecule is CCC([C@H](O)CC)[C@@H](O)CC.O=C(C=Cc1ccccc1)OOCc1ccccc1. The van der Waals surface area contributed by atoms with Crippen molar-refractivity contribution in [3.8, 4) is 0 Å². The quantitative estimate of drug-likeness (QED) is 0.328. The van der Waals surface area contributed by atoms with Crippen LogP contribution in [0.15, 0.2) is 66.7 Å². The molecule has 2 aromatic rings. The molecule has 0 fully saturated rings. The van der Waals surface area contributed by atoms with Crippen molar-refractivity contribution in [1.29, 1.82) is 0 Å². The molecule has 0 amide bonds. The molecule has 0 aliphatic carbocycles. The fourth-order valence-corrected chi connectivity index (χ4v) is 2.89. The Labute approximate surface area is 179 Å². The van der Waals surface area contributed by atoms with Crippen LogP contribution in [0, 0.1) is 5.92 Å². The highest BCUT2D eigenvalue weighted by molar-refractivity contribution is 5.86. The Morgan fingerprint density at radius 2 is 1.40 bits per heavy atom. The van der Waals surface area contributed by atoms with E-state index in [9.17, 15) is 15.0 Å². The monoisotopic (exact) mass is 414 g/mol. The molecule has 0 bridgehead atoms. The second-order valence-corrected chi connectivity index (χ2v) is 6.92. The minimum absolute atomic E-state index is 0.0602. The van der Waals surface area contributed by atoms with Crippen molar-refractivity contribution in [3.05, 3.63) is 77.9 Å². The van der Waals surface area contributed by atoms with E-state index in [0.29, 0.717) is 0 Å². The van der Waals surface area contributed by atoms with Crippen LogP contribution in [-0.2, 0) is 21.2 Å². The Bertz CT molecular complexity index is 705. The van der Waals surface area contributed by atoms with Gasteiger partial charge in [0.1, 0.15) is 6.61 Å². The zero-order chi connectivity index (χ0) is 22.2. The lowest BCUT2D eigenvalue weighted by Crippen LogP contribution is -2.30. The lowest BCUT2D eigenvalue weighted by Gasteiger charge is -2.24. The molecule has 5 nitrogen and oxygen atoms in total. The van der Waals surface area contributed by atoms with Gasteiger partial charge in [0.05, 0.1) is 12.2 Å². The van der Waals surface area contributed by atoms with Gasteiger partial charge in [-0.3, -0.25) is 4.89 Å². The van der Waals surface area contributed by atoms with Crippen LogP contribution in [0.2, 0.25) is 0 Å². The highest BCUT2D eigenvalue weighted by Crippen LogP contribution is 2.18. The number of aliphatic hydroxyl groups excluding tert-OH is 2. The minimum Gasteiger partial charge on any atom is -0.393 e. The van der Waals surface area contributed by atoms with Crippen molar-refractivity contribution in [1.82, 2.24) is 0 Å². The average Bonchev–Trinajstić information content (AvgIpc) is 2.79. The summed E-state index contributed by atoms with van der Waals surface area (Å²) in [4.78, 5) is 20.9. The number of hydrogen-bond acceptors (Lipinski definition) is 5. The molecule has 5 heteroatoms. The second-order valence-electron chi connectivity index (χ2n) is 6.92. The maximum Gasteiger partial charge on any atom is 0.365 e. The van der Waals surface area contributed by atoms with Gasteiger partial charge in [-0.1, -0.05) is 81.4 Å². The van der Waals surface area contributed by atoms with Crippen molar-refractivity contribution in [2.75, 3.05) is 0 Å². The normalized spacial score (nSPS) is 13.8. The van der Waals surface area contributed by atoms with Gasteiger partial charge in [-0.25, -0.2) is 4.79 Å². The molecular weight excluding hydrogens is 380 g/mol. The molecule has 2 aromatic carbocycles. The fraction of sp³-hybridized carbons (Fsp3) is 0.400. The standard InChI is InChI=1S/C16H14O3.C9H20O2/c17-16(12-11-14-7-3-1-4-8-14)19-18-13-15-9-5-2-6-10-15;1-4-7(8(10)5-2)9(11)6-3/h1-12H,13H2;7-11H,4-6H2,1-3H3/t;7?,8-,9+. The first-order valence-corrected chi connectivity index (χ1v) is 10.5. The third-order valence-electron chi connectivity index (χ3n) is 4.72. The van der Waals surface area contributed by atoms with E-state index in [0.717, 1.165) is 30.4 Å². The third-order valence-corrected chi connectivity index (χ3v) is 4.72. The predicted octanol–water partition coefficient (Wildman–Crippen LogP) is 4.93. The largest absolute Gasteiger partial charge is 0.393 e. The summed E-state index contributed by atoms with van der Waals surface area (Å²) in [6.07, 6.45) is 4.65.